The summed E-state index contributed by atoms with van der Waals surface area (Å²) in [4.78, 5) is 24.7. The summed E-state index contributed by atoms with van der Waals surface area (Å²) in [6, 6.07) is 2.13. The predicted octanol–water partition coefficient (Wildman–Crippen LogP) is -0.504. The van der Waals surface area contributed by atoms with E-state index in [-0.39, 0.29) is 26.2 Å². The molecule has 1 aliphatic heterocycles. The Morgan fingerprint density at radius 1 is 1.24 bits per heavy atom. The molecule has 0 spiro atoms. The number of hydrogen-bond acceptors (Lipinski definition) is 6. The SMILES string of the molecule is CN(C)CCNC(=O)C(=O)NC[C@H]1OCCCN1S(=O)(=O)c1cc(F)ccc1F. The summed E-state index contributed by atoms with van der Waals surface area (Å²) >= 11 is 0. The molecule has 1 heterocycles. The van der Waals surface area contributed by atoms with Gasteiger partial charge in [-0.1, -0.05) is 0 Å². The van der Waals surface area contributed by atoms with Crippen LogP contribution in [0.4, 0.5) is 8.78 Å². The van der Waals surface area contributed by atoms with Crippen molar-refractivity contribution in [3.8, 4) is 0 Å². The highest BCUT2D eigenvalue weighted by Crippen LogP contribution is 2.24. The number of amides is 2. The molecule has 0 radical (unpaired) electrons. The lowest BCUT2D eigenvalue weighted by Gasteiger charge is -2.34. The third-order valence-corrected chi connectivity index (χ3v) is 6.03. The van der Waals surface area contributed by atoms with Gasteiger partial charge in [0.1, 0.15) is 22.8 Å². The van der Waals surface area contributed by atoms with Crippen molar-refractivity contribution in [2.75, 3.05) is 46.9 Å². The van der Waals surface area contributed by atoms with E-state index in [0.29, 0.717) is 19.0 Å². The quantitative estimate of drug-likeness (QED) is 0.560. The van der Waals surface area contributed by atoms with Crippen molar-refractivity contribution in [2.45, 2.75) is 17.5 Å². The van der Waals surface area contributed by atoms with Gasteiger partial charge in [-0.2, -0.15) is 4.31 Å². The van der Waals surface area contributed by atoms with E-state index in [9.17, 15) is 26.8 Å². The largest absolute Gasteiger partial charge is 0.360 e. The topological polar surface area (TPSA) is 108 Å². The maximum Gasteiger partial charge on any atom is 0.309 e. The molecule has 1 fully saturated rings. The van der Waals surface area contributed by atoms with E-state index in [1.165, 1.54) is 0 Å². The molecule has 162 valence electrons. The number of hydrogen-bond donors (Lipinski definition) is 2. The molecular formula is C17H24F2N4O5S. The Morgan fingerprint density at radius 3 is 2.62 bits per heavy atom. The lowest BCUT2D eigenvalue weighted by Crippen LogP contribution is -2.53. The van der Waals surface area contributed by atoms with Gasteiger partial charge in [-0.3, -0.25) is 9.59 Å². The van der Waals surface area contributed by atoms with Crippen LogP contribution in [-0.2, 0) is 24.3 Å². The fourth-order valence-electron chi connectivity index (χ4n) is 2.64. The molecule has 29 heavy (non-hydrogen) atoms. The summed E-state index contributed by atoms with van der Waals surface area (Å²) in [5.74, 6) is -3.82. The van der Waals surface area contributed by atoms with Crippen LogP contribution in [0.1, 0.15) is 6.42 Å². The van der Waals surface area contributed by atoms with E-state index in [1.807, 2.05) is 19.0 Å². The van der Waals surface area contributed by atoms with Crippen LogP contribution in [0.5, 0.6) is 0 Å². The minimum atomic E-state index is -4.42. The number of nitrogens with zero attached hydrogens (tertiary/aromatic N) is 2. The lowest BCUT2D eigenvalue weighted by molar-refractivity contribution is -0.140. The van der Waals surface area contributed by atoms with Crippen LogP contribution in [0.25, 0.3) is 0 Å². The number of carbonyl (C=O) groups is 2. The Bertz CT molecular complexity index is 850. The summed E-state index contributed by atoms with van der Waals surface area (Å²) in [6.45, 7) is 0.686. The Hall–Kier alpha value is -2.15. The Kier molecular flexibility index (Phi) is 8.02. The van der Waals surface area contributed by atoms with E-state index in [0.717, 1.165) is 16.4 Å². The Morgan fingerprint density at radius 2 is 1.93 bits per heavy atom. The molecule has 0 saturated carbocycles. The van der Waals surface area contributed by atoms with Gasteiger partial charge in [0, 0.05) is 19.6 Å². The average Bonchev–Trinajstić information content (AvgIpc) is 2.67. The first-order valence-electron chi connectivity index (χ1n) is 8.92. The molecular weight excluding hydrogens is 410 g/mol. The van der Waals surface area contributed by atoms with Crippen molar-refractivity contribution in [1.82, 2.24) is 19.8 Å². The van der Waals surface area contributed by atoms with Gasteiger partial charge in [0.25, 0.3) is 0 Å². The highest BCUT2D eigenvalue weighted by molar-refractivity contribution is 7.89. The minimum absolute atomic E-state index is 0.00610. The van der Waals surface area contributed by atoms with Gasteiger partial charge in [0.05, 0.1) is 13.2 Å². The number of nitrogens with one attached hydrogen (secondary N) is 2. The van der Waals surface area contributed by atoms with Gasteiger partial charge >= 0.3 is 11.8 Å². The Labute approximate surface area is 168 Å². The predicted molar refractivity (Wildman–Crippen MR) is 99.2 cm³/mol. The summed E-state index contributed by atoms with van der Waals surface area (Å²) in [5, 5.41) is 4.73. The van der Waals surface area contributed by atoms with Crippen molar-refractivity contribution in [2.24, 2.45) is 0 Å². The van der Waals surface area contributed by atoms with Crippen molar-refractivity contribution in [3.05, 3.63) is 29.8 Å². The van der Waals surface area contributed by atoms with Gasteiger partial charge in [0.2, 0.25) is 10.0 Å². The molecule has 2 N–H and O–H groups in total. The second-order valence-electron chi connectivity index (χ2n) is 6.64. The van der Waals surface area contributed by atoms with Crippen molar-refractivity contribution in [1.29, 1.82) is 0 Å². The fraction of sp³-hybridized carbons (Fsp3) is 0.529. The van der Waals surface area contributed by atoms with Gasteiger partial charge in [-0.15, -0.1) is 0 Å². The van der Waals surface area contributed by atoms with E-state index < -0.39 is 44.6 Å². The van der Waals surface area contributed by atoms with Crippen LogP contribution in [0, 0.1) is 11.6 Å². The van der Waals surface area contributed by atoms with Gasteiger partial charge in [-0.05, 0) is 38.7 Å². The normalized spacial score (nSPS) is 17.9. The second kappa shape index (κ2) is 10.1. The molecule has 12 heteroatoms. The number of likely N-dealkylation sites (N-methyl/N-ethyl adjacent to an activating group) is 1. The third kappa shape index (κ3) is 6.16. The average molecular weight is 434 g/mol. The number of benzene rings is 1. The molecule has 1 aromatic rings. The molecule has 0 bridgehead atoms. The van der Waals surface area contributed by atoms with Gasteiger partial charge in [0.15, 0.2) is 0 Å². The van der Waals surface area contributed by atoms with Crippen molar-refractivity contribution in [3.63, 3.8) is 0 Å². The smallest absolute Gasteiger partial charge is 0.309 e. The van der Waals surface area contributed by atoms with Crippen LogP contribution in [0.2, 0.25) is 0 Å². The minimum Gasteiger partial charge on any atom is -0.360 e. The molecule has 1 atom stereocenters. The molecule has 1 saturated heterocycles. The van der Waals surface area contributed by atoms with Crippen molar-refractivity contribution >= 4 is 21.8 Å². The molecule has 0 aliphatic carbocycles. The van der Waals surface area contributed by atoms with E-state index in [2.05, 4.69) is 10.6 Å². The first-order valence-corrected chi connectivity index (χ1v) is 10.4. The van der Waals surface area contributed by atoms with Crippen LogP contribution < -0.4 is 10.6 Å². The van der Waals surface area contributed by atoms with E-state index in [1.54, 1.807) is 0 Å². The highest BCUT2D eigenvalue weighted by atomic mass is 32.2. The van der Waals surface area contributed by atoms with Crippen molar-refractivity contribution < 1.29 is 31.5 Å². The number of sulfonamides is 1. The summed E-state index contributed by atoms with van der Waals surface area (Å²) in [5.41, 5.74) is 0. The van der Waals surface area contributed by atoms with E-state index >= 15 is 0 Å². The summed E-state index contributed by atoms with van der Waals surface area (Å²) < 4.78 is 59.3. The molecule has 2 amide bonds. The number of ether oxygens (including phenoxy) is 1. The molecule has 0 aromatic heterocycles. The Balaban J connectivity index is 2.05. The van der Waals surface area contributed by atoms with Crippen LogP contribution in [-0.4, -0.2) is 82.5 Å². The third-order valence-electron chi connectivity index (χ3n) is 4.12. The monoisotopic (exact) mass is 434 g/mol. The maximum absolute atomic E-state index is 14.0. The van der Waals surface area contributed by atoms with Crippen LogP contribution in [0.15, 0.2) is 23.1 Å². The van der Waals surface area contributed by atoms with Crippen LogP contribution >= 0.6 is 0 Å². The first-order chi connectivity index (χ1) is 13.6. The van der Waals surface area contributed by atoms with Gasteiger partial charge < -0.3 is 20.3 Å². The second-order valence-corrected chi connectivity index (χ2v) is 8.50. The summed E-state index contributed by atoms with van der Waals surface area (Å²) in [6.07, 6.45) is -0.819. The zero-order valence-corrected chi connectivity index (χ0v) is 17.0. The molecule has 0 unspecified atom stereocenters. The molecule has 1 aromatic carbocycles. The van der Waals surface area contributed by atoms with E-state index in [4.69, 9.17) is 4.74 Å². The number of carbonyl (C=O) groups excluding carboxylic acids is 2. The highest BCUT2D eigenvalue weighted by Gasteiger charge is 2.36. The zero-order valence-electron chi connectivity index (χ0n) is 16.2. The molecule has 1 aliphatic rings. The number of halogens is 2. The summed E-state index contributed by atoms with van der Waals surface area (Å²) in [7, 11) is -0.803. The fourth-order valence-corrected chi connectivity index (χ4v) is 4.28. The zero-order chi connectivity index (χ0) is 21.6. The van der Waals surface area contributed by atoms with Crippen LogP contribution in [0.3, 0.4) is 0 Å². The molecule has 2 rings (SSSR count). The maximum atomic E-state index is 14.0. The van der Waals surface area contributed by atoms with Gasteiger partial charge in [-0.25, -0.2) is 17.2 Å². The lowest BCUT2D eigenvalue weighted by atomic mass is 10.3. The standard InChI is InChI=1S/C17H24F2N4O5S/c1-22(2)8-6-20-16(24)17(25)21-11-15-23(7-3-9-28-15)29(26,27)14-10-12(18)4-5-13(14)19/h4-5,10,15H,3,6-9,11H2,1-2H3,(H,20,24)(H,21,25)/t15-/m1/s1. The number of rotatable bonds is 7. The molecule has 9 nitrogen and oxygen atoms in total. The first kappa shape index (κ1) is 23.1.